The molecule has 0 saturated heterocycles. The number of thioether (sulfide) groups is 1. The highest BCUT2D eigenvalue weighted by molar-refractivity contribution is 7.98. The molecule has 0 bridgehead atoms. The highest BCUT2D eigenvalue weighted by Crippen LogP contribution is 2.36. The second-order valence-electron chi connectivity index (χ2n) is 5.49. The lowest BCUT2D eigenvalue weighted by Crippen LogP contribution is -2.21. The maximum atomic E-state index is 3.67. The minimum atomic E-state index is 0.349. The number of fused-ring (bicyclic) bond motifs is 1. The van der Waals surface area contributed by atoms with Gasteiger partial charge in [0.15, 0.2) is 0 Å². The van der Waals surface area contributed by atoms with Gasteiger partial charge in [0.1, 0.15) is 0 Å². The molecule has 1 unspecified atom stereocenters. The first kappa shape index (κ1) is 15.1. The van der Waals surface area contributed by atoms with Crippen LogP contribution >= 0.6 is 23.1 Å². The predicted octanol–water partition coefficient (Wildman–Crippen LogP) is 4.80. The van der Waals surface area contributed by atoms with E-state index in [4.69, 9.17) is 0 Å². The van der Waals surface area contributed by atoms with Crippen molar-refractivity contribution >= 4 is 23.1 Å². The molecule has 1 N–H and O–H groups in total. The van der Waals surface area contributed by atoms with Gasteiger partial charge in [0.2, 0.25) is 0 Å². The SMILES string of the molecule is CCNC(c1ccc(CC)cc1)c1cc2c(s1)CCSC2. The van der Waals surface area contributed by atoms with E-state index in [-0.39, 0.29) is 0 Å². The van der Waals surface area contributed by atoms with Gasteiger partial charge in [0.25, 0.3) is 0 Å². The van der Waals surface area contributed by atoms with Crippen molar-refractivity contribution in [3.05, 3.63) is 56.8 Å². The molecule has 1 aromatic carbocycles. The molecule has 3 heteroatoms. The zero-order valence-electron chi connectivity index (χ0n) is 12.8. The zero-order chi connectivity index (χ0) is 14.7. The Morgan fingerprint density at radius 1 is 1.19 bits per heavy atom. The van der Waals surface area contributed by atoms with Crippen molar-refractivity contribution < 1.29 is 0 Å². The van der Waals surface area contributed by atoms with Crippen molar-refractivity contribution in [2.75, 3.05) is 12.3 Å². The van der Waals surface area contributed by atoms with Crippen molar-refractivity contribution in [1.82, 2.24) is 5.32 Å². The van der Waals surface area contributed by atoms with Gasteiger partial charge in [-0.1, -0.05) is 38.1 Å². The average molecular weight is 318 g/mol. The van der Waals surface area contributed by atoms with Crippen LogP contribution in [0.15, 0.2) is 30.3 Å². The molecule has 1 aliphatic rings. The summed E-state index contributed by atoms with van der Waals surface area (Å²) >= 11 is 4.08. The largest absolute Gasteiger partial charge is 0.306 e. The number of rotatable bonds is 5. The minimum absolute atomic E-state index is 0.349. The number of hydrogen-bond acceptors (Lipinski definition) is 3. The molecule has 0 spiro atoms. The van der Waals surface area contributed by atoms with Crippen LogP contribution in [0.3, 0.4) is 0 Å². The minimum Gasteiger partial charge on any atom is -0.306 e. The predicted molar refractivity (Wildman–Crippen MR) is 95.5 cm³/mol. The molecule has 1 atom stereocenters. The summed E-state index contributed by atoms with van der Waals surface area (Å²) in [6.07, 6.45) is 2.36. The summed E-state index contributed by atoms with van der Waals surface area (Å²) in [5.74, 6) is 2.48. The lowest BCUT2D eigenvalue weighted by Gasteiger charge is -2.17. The molecule has 3 rings (SSSR count). The molecular weight excluding hydrogens is 294 g/mol. The van der Waals surface area contributed by atoms with Crippen LogP contribution in [0, 0.1) is 0 Å². The third kappa shape index (κ3) is 3.36. The molecule has 0 fully saturated rings. The molecule has 1 aromatic heterocycles. The monoisotopic (exact) mass is 317 g/mol. The molecule has 0 saturated carbocycles. The summed E-state index contributed by atoms with van der Waals surface area (Å²) < 4.78 is 0. The fraction of sp³-hybridized carbons (Fsp3) is 0.444. The van der Waals surface area contributed by atoms with Crippen LogP contribution in [0.5, 0.6) is 0 Å². The van der Waals surface area contributed by atoms with Gasteiger partial charge in [-0.2, -0.15) is 11.8 Å². The Bertz CT molecular complexity index is 562. The van der Waals surface area contributed by atoms with E-state index in [0.717, 1.165) is 13.0 Å². The summed E-state index contributed by atoms with van der Waals surface area (Å²) in [6, 6.07) is 11.9. The van der Waals surface area contributed by atoms with Crippen LogP contribution in [0.4, 0.5) is 0 Å². The Morgan fingerprint density at radius 2 is 2.00 bits per heavy atom. The van der Waals surface area contributed by atoms with Crippen LogP contribution in [0.25, 0.3) is 0 Å². The Balaban J connectivity index is 1.90. The summed E-state index contributed by atoms with van der Waals surface area (Å²) in [6.45, 7) is 5.40. The molecule has 21 heavy (non-hydrogen) atoms. The average Bonchev–Trinajstić information content (AvgIpc) is 2.96. The standard InChI is InChI=1S/C18H23NS2/c1-3-13-5-7-14(8-6-13)18(19-4-2)17-11-15-12-20-10-9-16(15)21-17/h5-8,11,18-19H,3-4,9-10,12H2,1-2H3. The smallest absolute Gasteiger partial charge is 0.0671 e. The van der Waals surface area contributed by atoms with E-state index in [1.165, 1.54) is 33.9 Å². The molecule has 1 aliphatic heterocycles. The molecule has 112 valence electrons. The van der Waals surface area contributed by atoms with Crippen molar-refractivity contribution in [2.45, 2.75) is 38.5 Å². The molecule has 0 amide bonds. The van der Waals surface area contributed by atoms with Crippen LogP contribution in [-0.2, 0) is 18.6 Å². The fourth-order valence-corrected chi connectivity index (χ4v) is 5.33. The van der Waals surface area contributed by atoms with Gasteiger partial charge in [-0.05, 0) is 47.9 Å². The van der Waals surface area contributed by atoms with E-state index >= 15 is 0 Å². The number of aryl methyl sites for hydroxylation is 2. The van der Waals surface area contributed by atoms with Gasteiger partial charge in [-0.15, -0.1) is 11.3 Å². The molecule has 1 nitrogen and oxygen atoms in total. The van der Waals surface area contributed by atoms with Crippen LogP contribution in [0.1, 0.15) is 46.3 Å². The molecule has 2 heterocycles. The van der Waals surface area contributed by atoms with E-state index in [1.807, 2.05) is 11.3 Å². The maximum absolute atomic E-state index is 3.67. The second kappa shape index (κ2) is 6.99. The highest BCUT2D eigenvalue weighted by Gasteiger charge is 2.20. The van der Waals surface area contributed by atoms with Gasteiger partial charge >= 0.3 is 0 Å². The number of thiophene rings is 1. The molecule has 0 aliphatic carbocycles. The first-order valence-corrected chi connectivity index (χ1v) is 9.80. The van der Waals surface area contributed by atoms with Gasteiger partial charge in [0, 0.05) is 15.5 Å². The summed E-state index contributed by atoms with van der Waals surface area (Å²) in [7, 11) is 0. The quantitative estimate of drug-likeness (QED) is 0.850. The number of hydrogen-bond donors (Lipinski definition) is 1. The summed E-state index contributed by atoms with van der Waals surface area (Å²) in [4.78, 5) is 3.09. The van der Waals surface area contributed by atoms with E-state index in [1.54, 1.807) is 10.4 Å². The van der Waals surface area contributed by atoms with E-state index in [9.17, 15) is 0 Å². The Kier molecular flexibility index (Phi) is 5.04. The summed E-state index contributed by atoms with van der Waals surface area (Å²) in [5, 5.41) is 3.67. The van der Waals surface area contributed by atoms with Crippen LogP contribution in [0.2, 0.25) is 0 Å². The van der Waals surface area contributed by atoms with E-state index < -0.39 is 0 Å². The molecule has 2 aromatic rings. The molecule has 0 radical (unpaired) electrons. The lowest BCUT2D eigenvalue weighted by molar-refractivity contribution is 0.639. The Morgan fingerprint density at radius 3 is 2.67 bits per heavy atom. The summed E-state index contributed by atoms with van der Waals surface area (Å²) in [5.41, 5.74) is 4.37. The number of benzene rings is 1. The highest BCUT2D eigenvalue weighted by atomic mass is 32.2. The lowest BCUT2D eigenvalue weighted by atomic mass is 10.0. The number of nitrogens with one attached hydrogen (secondary N) is 1. The van der Waals surface area contributed by atoms with Gasteiger partial charge in [-0.3, -0.25) is 0 Å². The fourth-order valence-electron chi connectivity index (χ4n) is 2.85. The third-order valence-electron chi connectivity index (χ3n) is 4.06. The topological polar surface area (TPSA) is 12.0 Å². The van der Waals surface area contributed by atoms with Gasteiger partial charge in [-0.25, -0.2) is 0 Å². The van der Waals surface area contributed by atoms with Crippen molar-refractivity contribution in [3.8, 4) is 0 Å². The van der Waals surface area contributed by atoms with Crippen molar-refractivity contribution in [1.29, 1.82) is 0 Å². The van der Waals surface area contributed by atoms with Gasteiger partial charge < -0.3 is 5.32 Å². The van der Waals surface area contributed by atoms with E-state index in [0.29, 0.717) is 6.04 Å². The first-order chi connectivity index (χ1) is 10.3. The van der Waals surface area contributed by atoms with Crippen molar-refractivity contribution in [2.24, 2.45) is 0 Å². The third-order valence-corrected chi connectivity index (χ3v) is 6.37. The van der Waals surface area contributed by atoms with E-state index in [2.05, 4.69) is 61.3 Å². The first-order valence-electron chi connectivity index (χ1n) is 7.83. The zero-order valence-corrected chi connectivity index (χ0v) is 14.4. The second-order valence-corrected chi connectivity index (χ2v) is 7.76. The molecular formula is C18H23NS2. The van der Waals surface area contributed by atoms with Crippen LogP contribution < -0.4 is 5.32 Å². The maximum Gasteiger partial charge on any atom is 0.0671 e. The van der Waals surface area contributed by atoms with Crippen molar-refractivity contribution in [3.63, 3.8) is 0 Å². The normalized spacial score (nSPS) is 15.7. The van der Waals surface area contributed by atoms with Crippen LogP contribution in [-0.4, -0.2) is 12.3 Å². The van der Waals surface area contributed by atoms with Gasteiger partial charge in [0.05, 0.1) is 6.04 Å². The Hall–Kier alpha value is -0.770. The Labute approximate surface area is 136 Å².